The van der Waals surface area contributed by atoms with Crippen molar-refractivity contribution >= 4 is 5.91 Å². The van der Waals surface area contributed by atoms with E-state index in [0.717, 1.165) is 37.3 Å². The van der Waals surface area contributed by atoms with E-state index in [9.17, 15) is 4.79 Å². The van der Waals surface area contributed by atoms with Crippen LogP contribution in [0.25, 0.3) is 0 Å². The van der Waals surface area contributed by atoms with Gasteiger partial charge in [0.25, 0.3) is 5.91 Å². The summed E-state index contributed by atoms with van der Waals surface area (Å²) in [5, 5.41) is 2.87. The van der Waals surface area contributed by atoms with E-state index in [0.29, 0.717) is 12.2 Å². The fourth-order valence-electron chi connectivity index (χ4n) is 2.54. The molecule has 3 rings (SSSR count). The molecule has 6 nitrogen and oxygen atoms in total. The third-order valence-corrected chi connectivity index (χ3v) is 3.82. The number of hydrogen-bond donors (Lipinski definition) is 1. The fourth-order valence-corrected chi connectivity index (χ4v) is 2.54. The van der Waals surface area contributed by atoms with E-state index < -0.39 is 0 Å². The van der Waals surface area contributed by atoms with Crippen LogP contribution in [-0.4, -0.2) is 27.0 Å². The lowest BCUT2D eigenvalue weighted by atomic mass is 10.1. The second-order valence-corrected chi connectivity index (χ2v) is 5.49. The Morgan fingerprint density at radius 3 is 2.86 bits per heavy atom. The van der Waals surface area contributed by atoms with Crippen LogP contribution in [-0.2, 0) is 18.3 Å². The highest BCUT2D eigenvalue weighted by atomic mass is 16.5. The Kier molecular flexibility index (Phi) is 4.48. The van der Waals surface area contributed by atoms with E-state index in [1.54, 1.807) is 23.0 Å². The Bertz CT molecular complexity index is 630. The second-order valence-electron chi connectivity index (χ2n) is 5.49. The van der Waals surface area contributed by atoms with Crippen LogP contribution in [0.15, 0.2) is 30.7 Å². The van der Waals surface area contributed by atoms with Gasteiger partial charge in [-0.25, -0.2) is 9.97 Å². The van der Waals surface area contributed by atoms with Gasteiger partial charge in [-0.2, -0.15) is 0 Å². The van der Waals surface area contributed by atoms with Crippen molar-refractivity contribution in [3.8, 4) is 0 Å². The maximum Gasteiger partial charge on any atom is 0.268 e. The summed E-state index contributed by atoms with van der Waals surface area (Å²) in [7, 11) is 1.84. The minimum Gasteiger partial charge on any atom is -0.370 e. The molecule has 22 heavy (non-hydrogen) atoms. The number of nitrogens with one attached hydrogen (secondary N) is 1. The van der Waals surface area contributed by atoms with Crippen LogP contribution in [0, 0.1) is 0 Å². The summed E-state index contributed by atoms with van der Waals surface area (Å²) < 4.78 is 7.45. The number of aryl methyl sites for hydroxylation is 1. The maximum atomic E-state index is 12.0. The first-order chi connectivity index (χ1) is 10.7. The van der Waals surface area contributed by atoms with Gasteiger partial charge in [-0.15, -0.1) is 0 Å². The van der Waals surface area contributed by atoms with Crippen molar-refractivity contribution in [3.63, 3.8) is 0 Å². The van der Waals surface area contributed by atoms with Crippen LogP contribution < -0.4 is 5.32 Å². The number of rotatable bonds is 4. The molecular formula is C16H20N4O2. The summed E-state index contributed by atoms with van der Waals surface area (Å²) in [6, 6.07) is 3.63. The lowest BCUT2D eigenvalue weighted by molar-refractivity contribution is 0.00940. The average molecular weight is 300 g/mol. The topological polar surface area (TPSA) is 69.0 Å². The Balaban J connectivity index is 1.57. The van der Waals surface area contributed by atoms with E-state index in [-0.39, 0.29) is 12.0 Å². The summed E-state index contributed by atoms with van der Waals surface area (Å²) >= 11 is 0. The summed E-state index contributed by atoms with van der Waals surface area (Å²) in [5.41, 5.74) is 1.51. The van der Waals surface area contributed by atoms with E-state index in [1.807, 2.05) is 19.3 Å². The normalized spacial score (nSPS) is 18.1. The van der Waals surface area contributed by atoms with Crippen molar-refractivity contribution < 1.29 is 9.53 Å². The van der Waals surface area contributed by atoms with Gasteiger partial charge < -0.3 is 14.6 Å². The molecule has 116 valence electrons. The molecule has 1 amide bonds. The number of ether oxygens (including phenoxy) is 1. The summed E-state index contributed by atoms with van der Waals surface area (Å²) in [6.07, 6.45) is 8.61. The van der Waals surface area contributed by atoms with Gasteiger partial charge in [0.1, 0.15) is 11.8 Å². The molecular weight excluding hydrogens is 280 g/mol. The van der Waals surface area contributed by atoms with E-state index in [1.165, 1.54) is 0 Å². The van der Waals surface area contributed by atoms with Crippen LogP contribution in [0.2, 0.25) is 0 Å². The number of carbonyl (C=O) groups is 1. The standard InChI is InChI=1S/C16H20N4O2/c1-20-7-4-5-13(20)16(21)19-11-12-9-17-15(18-10-12)14-6-2-3-8-22-14/h4-5,7,9-10,14H,2-3,6,8,11H2,1H3,(H,19,21)/t14-/m1/s1. The van der Waals surface area contributed by atoms with Crippen LogP contribution in [0.3, 0.4) is 0 Å². The van der Waals surface area contributed by atoms with Crippen molar-refractivity contribution in [1.82, 2.24) is 19.9 Å². The Morgan fingerprint density at radius 1 is 1.41 bits per heavy atom. The minimum absolute atomic E-state index is 0.0146. The van der Waals surface area contributed by atoms with Gasteiger partial charge >= 0.3 is 0 Å². The molecule has 0 aliphatic carbocycles. The quantitative estimate of drug-likeness (QED) is 0.937. The Morgan fingerprint density at radius 2 is 2.23 bits per heavy atom. The first kappa shape index (κ1) is 14.7. The van der Waals surface area contributed by atoms with Gasteiger partial charge in [0.2, 0.25) is 0 Å². The summed E-state index contributed by atoms with van der Waals surface area (Å²) in [6.45, 7) is 1.19. The zero-order valence-electron chi connectivity index (χ0n) is 12.7. The minimum atomic E-state index is -0.104. The van der Waals surface area contributed by atoms with Crippen molar-refractivity contribution in [1.29, 1.82) is 0 Å². The molecule has 1 fully saturated rings. The van der Waals surface area contributed by atoms with E-state index in [2.05, 4.69) is 15.3 Å². The molecule has 1 aliphatic rings. The zero-order valence-corrected chi connectivity index (χ0v) is 12.7. The molecule has 0 spiro atoms. The van der Waals surface area contributed by atoms with Gasteiger partial charge in [0, 0.05) is 44.4 Å². The summed E-state index contributed by atoms with van der Waals surface area (Å²) in [4.78, 5) is 20.8. The van der Waals surface area contributed by atoms with Gasteiger partial charge in [-0.05, 0) is 31.4 Å². The van der Waals surface area contributed by atoms with Gasteiger partial charge in [-0.3, -0.25) is 4.79 Å². The summed E-state index contributed by atoms with van der Waals surface area (Å²) in [5.74, 6) is 0.629. The number of amides is 1. The third kappa shape index (κ3) is 3.33. The third-order valence-electron chi connectivity index (χ3n) is 3.82. The SMILES string of the molecule is Cn1cccc1C(=O)NCc1cnc([C@H]2CCCCO2)nc1. The lowest BCUT2D eigenvalue weighted by Gasteiger charge is -2.21. The fraction of sp³-hybridized carbons (Fsp3) is 0.438. The highest BCUT2D eigenvalue weighted by Crippen LogP contribution is 2.24. The largest absolute Gasteiger partial charge is 0.370 e. The van der Waals surface area contributed by atoms with Crippen LogP contribution in [0.5, 0.6) is 0 Å². The Labute approximate surface area is 129 Å². The molecule has 0 aromatic carbocycles. The molecule has 0 bridgehead atoms. The monoisotopic (exact) mass is 300 g/mol. The molecule has 6 heteroatoms. The van der Waals surface area contributed by atoms with Crippen LogP contribution in [0.4, 0.5) is 0 Å². The molecule has 0 radical (unpaired) electrons. The number of hydrogen-bond acceptors (Lipinski definition) is 4. The number of carbonyl (C=O) groups excluding carboxylic acids is 1. The van der Waals surface area contributed by atoms with E-state index >= 15 is 0 Å². The number of aromatic nitrogens is 3. The van der Waals surface area contributed by atoms with Crippen molar-refractivity contribution in [2.75, 3.05) is 6.61 Å². The van der Waals surface area contributed by atoms with Gasteiger partial charge in [-0.1, -0.05) is 0 Å². The average Bonchev–Trinajstić information content (AvgIpc) is 3.00. The van der Waals surface area contributed by atoms with Crippen molar-refractivity contribution in [2.24, 2.45) is 7.05 Å². The molecule has 3 heterocycles. The lowest BCUT2D eigenvalue weighted by Crippen LogP contribution is -2.25. The van der Waals surface area contributed by atoms with Gasteiger partial charge in [0.05, 0.1) is 0 Å². The Hall–Kier alpha value is -2.21. The molecule has 0 saturated carbocycles. The highest BCUT2D eigenvalue weighted by molar-refractivity contribution is 5.92. The van der Waals surface area contributed by atoms with Crippen molar-refractivity contribution in [3.05, 3.63) is 47.8 Å². The molecule has 2 aromatic heterocycles. The molecule has 1 saturated heterocycles. The molecule has 1 atom stereocenters. The second kappa shape index (κ2) is 6.70. The molecule has 1 N–H and O–H groups in total. The zero-order chi connectivity index (χ0) is 15.4. The first-order valence-electron chi connectivity index (χ1n) is 7.56. The van der Waals surface area contributed by atoms with Crippen LogP contribution in [0.1, 0.15) is 47.2 Å². The van der Waals surface area contributed by atoms with E-state index in [4.69, 9.17) is 4.74 Å². The predicted molar refractivity (Wildman–Crippen MR) is 81.2 cm³/mol. The smallest absolute Gasteiger partial charge is 0.268 e. The highest BCUT2D eigenvalue weighted by Gasteiger charge is 2.18. The van der Waals surface area contributed by atoms with Crippen LogP contribution >= 0.6 is 0 Å². The molecule has 2 aromatic rings. The maximum absolute atomic E-state index is 12.0. The molecule has 0 unspecified atom stereocenters. The first-order valence-corrected chi connectivity index (χ1v) is 7.56. The molecule has 1 aliphatic heterocycles. The van der Waals surface area contributed by atoms with Crippen molar-refractivity contribution in [2.45, 2.75) is 31.9 Å². The van der Waals surface area contributed by atoms with Gasteiger partial charge in [0.15, 0.2) is 5.82 Å². The predicted octanol–water partition coefficient (Wildman–Crippen LogP) is 1.99. The number of nitrogens with zero attached hydrogens (tertiary/aromatic N) is 3.